The number of esters is 1. The lowest BCUT2D eigenvalue weighted by Gasteiger charge is -2.07. The van der Waals surface area contributed by atoms with Crippen LogP contribution in [0.3, 0.4) is 0 Å². The number of amides is 1. The molecule has 0 spiro atoms. The molecule has 0 aliphatic heterocycles. The standard InChI is InChI=1S/C20H14N2O4/c21-12-14-3-5-15(6-4-14)13-26-20(24)16-7-9-17(10-8-16)22-19(23)18-2-1-11-25-18/h1-11H,13H2,(H,22,23). The van der Waals surface area contributed by atoms with Crippen LogP contribution in [0.5, 0.6) is 0 Å². The van der Waals surface area contributed by atoms with E-state index in [1.54, 1.807) is 60.7 Å². The summed E-state index contributed by atoms with van der Waals surface area (Å²) in [5.41, 5.74) is 2.25. The summed E-state index contributed by atoms with van der Waals surface area (Å²) in [5.74, 6) is -0.639. The van der Waals surface area contributed by atoms with E-state index in [0.29, 0.717) is 16.8 Å². The van der Waals surface area contributed by atoms with Gasteiger partial charge in [0.05, 0.1) is 23.5 Å². The van der Waals surface area contributed by atoms with Gasteiger partial charge in [0, 0.05) is 5.69 Å². The highest BCUT2D eigenvalue weighted by Crippen LogP contribution is 2.13. The Morgan fingerprint density at radius 3 is 2.38 bits per heavy atom. The summed E-state index contributed by atoms with van der Waals surface area (Å²) in [6, 6.07) is 18.4. The average molecular weight is 346 g/mol. The molecule has 6 heteroatoms. The average Bonchev–Trinajstić information content (AvgIpc) is 3.22. The van der Waals surface area contributed by atoms with Crippen molar-refractivity contribution in [3.8, 4) is 6.07 Å². The van der Waals surface area contributed by atoms with Gasteiger partial charge in [-0.1, -0.05) is 12.1 Å². The van der Waals surface area contributed by atoms with Crippen LogP contribution in [-0.4, -0.2) is 11.9 Å². The van der Waals surface area contributed by atoms with E-state index in [1.165, 1.54) is 6.26 Å². The quantitative estimate of drug-likeness (QED) is 0.710. The number of ether oxygens (including phenoxy) is 1. The van der Waals surface area contributed by atoms with Crippen molar-refractivity contribution >= 4 is 17.6 Å². The number of nitrogens with zero attached hydrogens (tertiary/aromatic N) is 1. The van der Waals surface area contributed by atoms with E-state index >= 15 is 0 Å². The van der Waals surface area contributed by atoms with Gasteiger partial charge < -0.3 is 14.5 Å². The maximum Gasteiger partial charge on any atom is 0.338 e. The van der Waals surface area contributed by atoms with Gasteiger partial charge in [0.2, 0.25) is 0 Å². The van der Waals surface area contributed by atoms with Crippen molar-refractivity contribution in [3.63, 3.8) is 0 Å². The third-order valence-electron chi connectivity index (χ3n) is 3.58. The van der Waals surface area contributed by atoms with Crippen LogP contribution >= 0.6 is 0 Å². The van der Waals surface area contributed by atoms with Crippen molar-refractivity contribution in [2.24, 2.45) is 0 Å². The number of anilines is 1. The van der Waals surface area contributed by atoms with Crippen molar-refractivity contribution in [2.45, 2.75) is 6.61 Å². The van der Waals surface area contributed by atoms with E-state index in [9.17, 15) is 9.59 Å². The van der Waals surface area contributed by atoms with Crippen molar-refractivity contribution in [1.29, 1.82) is 5.26 Å². The molecule has 1 heterocycles. The minimum absolute atomic E-state index is 0.113. The first-order valence-corrected chi connectivity index (χ1v) is 7.77. The largest absolute Gasteiger partial charge is 0.459 e. The van der Waals surface area contributed by atoms with Crippen LogP contribution in [0.1, 0.15) is 32.0 Å². The summed E-state index contributed by atoms with van der Waals surface area (Å²) in [5, 5.41) is 11.4. The maximum absolute atomic E-state index is 12.1. The Bertz CT molecular complexity index is 937. The minimum atomic E-state index is -0.474. The molecule has 0 aliphatic rings. The van der Waals surface area contributed by atoms with E-state index in [-0.39, 0.29) is 18.3 Å². The molecule has 0 atom stereocenters. The van der Waals surface area contributed by atoms with E-state index in [0.717, 1.165) is 5.56 Å². The summed E-state index contributed by atoms with van der Waals surface area (Å²) < 4.78 is 10.3. The molecule has 0 fully saturated rings. The molecule has 0 unspecified atom stereocenters. The maximum atomic E-state index is 12.1. The monoisotopic (exact) mass is 346 g/mol. The molecule has 26 heavy (non-hydrogen) atoms. The molecule has 0 bridgehead atoms. The van der Waals surface area contributed by atoms with Crippen LogP contribution in [0.2, 0.25) is 0 Å². The number of rotatable bonds is 5. The highest BCUT2D eigenvalue weighted by Gasteiger charge is 2.11. The Labute approximate surface area is 149 Å². The van der Waals surface area contributed by atoms with Crippen molar-refractivity contribution in [2.75, 3.05) is 5.32 Å². The molecule has 0 aliphatic carbocycles. The number of carbonyl (C=O) groups is 2. The highest BCUT2D eigenvalue weighted by molar-refractivity contribution is 6.02. The second-order valence-corrected chi connectivity index (χ2v) is 5.39. The number of hydrogen-bond donors (Lipinski definition) is 1. The zero-order valence-electron chi connectivity index (χ0n) is 13.6. The Morgan fingerprint density at radius 1 is 1.04 bits per heavy atom. The minimum Gasteiger partial charge on any atom is -0.459 e. The van der Waals surface area contributed by atoms with Gasteiger partial charge >= 0.3 is 5.97 Å². The second kappa shape index (κ2) is 7.81. The summed E-state index contributed by atoms with van der Waals surface area (Å²) in [4.78, 5) is 24.0. The van der Waals surface area contributed by atoms with Gasteiger partial charge in [0.1, 0.15) is 6.61 Å². The third-order valence-corrected chi connectivity index (χ3v) is 3.58. The Hall–Kier alpha value is -3.85. The normalized spacial score (nSPS) is 9.96. The zero-order valence-corrected chi connectivity index (χ0v) is 13.6. The topological polar surface area (TPSA) is 92.3 Å². The van der Waals surface area contributed by atoms with Gasteiger partial charge in [-0.05, 0) is 54.1 Å². The lowest BCUT2D eigenvalue weighted by molar-refractivity contribution is 0.0472. The highest BCUT2D eigenvalue weighted by atomic mass is 16.5. The van der Waals surface area contributed by atoms with E-state index in [4.69, 9.17) is 14.4 Å². The number of hydrogen-bond acceptors (Lipinski definition) is 5. The smallest absolute Gasteiger partial charge is 0.338 e. The van der Waals surface area contributed by atoms with Gasteiger partial charge in [-0.3, -0.25) is 4.79 Å². The van der Waals surface area contributed by atoms with Crippen LogP contribution < -0.4 is 5.32 Å². The van der Waals surface area contributed by atoms with Crippen molar-refractivity contribution in [3.05, 3.63) is 89.4 Å². The number of nitriles is 1. The first-order valence-electron chi connectivity index (χ1n) is 7.77. The van der Waals surface area contributed by atoms with Gasteiger partial charge in [-0.25, -0.2) is 4.79 Å². The van der Waals surface area contributed by atoms with Gasteiger partial charge in [-0.2, -0.15) is 5.26 Å². The fourth-order valence-corrected chi connectivity index (χ4v) is 2.20. The summed E-state index contributed by atoms with van der Waals surface area (Å²) in [6.07, 6.45) is 1.42. The molecule has 0 saturated heterocycles. The molecule has 0 saturated carbocycles. The Kier molecular flexibility index (Phi) is 5.11. The van der Waals surface area contributed by atoms with Gasteiger partial charge in [0.25, 0.3) is 5.91 Å². The molecular weight excluding hydrogens is 332 g/mol. The summed E-state index contributed by atoms with van der Waals surface area (Å²) in [7, 11) is 0. The molecule has 128 valence electrons. The first-order chi connectivity index (χ1) is 12.7. The van der Waals surface area contributed by atoms with Crippen LogP contribution in [0.4, 0.5) is 5.69 Å². The van der Waals surface area contributed by atoms with E-state index < -0.39 is 5.97 Å². The second-order valence-electron chi connectivity index (χ2n) is 5.39. The van der Waals surface area contributed by atoms with E-state index in [1.807, 2.05) is 6.07 Å². The number of furan rings is 1. The van der Waals surface area contributed by atoms with Crippen LogP contribution in [0.15, 0.2) is 71.3 Å². The molecule has 6 nitrogen and oxygen atoms in total. The molecule has 3 aromatic rings. The fraction of sp³-hybridized carbons (Fsp3) is 0.0500. The number of nitrogens with one attached hydrogen (secondary N) is 1. The van der Waals surface area contributed by atoms with Gasteiger partial charge in [0.15, 0.2) is 5.76 Å². The Balaban J connectivity index is 1.56. The zero-order chi connectivity index (χ0) is 18.4. The van der Waals surface area contributed by atoms with Crippen LogP contribution in [0.25, 0.3) is 0 Å². The molecular formula is C20H14N2O4. The Morgan fingerprint density at radius 2 is 1.77 bits per heavy atom. The lowest BCUT2D eigenvalue weighted by Crippen LogP contribution is -2.11. The summed E-state index contributed by atoms with van der Waals surface area (Å²) in [6.45, 7) is 0.113. The number of benzene rings is 2. The molecule has 1 amide bonds. The third kappa shape index (κ3) is 4.16. The number of carbonyl (C=O) groups excluding carboxylic acids is 2. The molecule has 3 rings (SSSR count). The fourth-order valence-electron chi connectivity index (χ4n) is 2.20. The van der Waals surface area contributed by atoms with Crippen molar-refractivity contribution in [1.82, 2.24) is 0 Å². The molecule has 1 aromatic heterocycles. The van der Waals surface area contributed by atoms with Crippen LogP contribution in [0, 0.1) is 11.3 Å². The SMILES string of the molecule is N#Cc1ccc(COC(=O)c2ccc(NC(=O)c3ccco3)cc2)cc1. The van der Waals surface area contributed by atoms with Crippen molar-refractivity contribution < 1.29 is 18.7 Å². The molecule has 1 N–H and O–H groups in total. The summed E-state index contributed by atoms with van der Waals surface area (Å²) >= 11 is 0. The predicted molar refractivity (Wildman–Crippen MR) is 93.4 cm³/mol. The van der Waals surface area contributed by atoms with E-state index in [2.05, 4.69) is 5.32 Å². The predicted octanol–water partition coefficient (Wildman–Crippen LogP) is 3.76. The lowest BCUT2D eigenvalue weighted by atomic mass is 10.1. The van der Waals surface area contributed by atoms with Gasteiger partial charge in [-0.15, -0.1) is 0 Å². The van der Waals surface area contributed by atoms with Crippen LogP contribution in [-0.2, 0) is 11.3 Å². The first kappa shape index (κ1) is 17.0. The molecule has 0 radical (unpaired) electrons. The molecule has 2 aromatic carbocycles.